The number of nitrogens with zero attached hydrogens (tertiary/aromatic N) is 7. The second-order valence-corrected chi connectivity index (χ2v) is 37.6. The molecule has 0 N–H and O–H groups in total. The second-order valence-electron chi connectivity index (χ2n) is 36.8. The van der Waals surface area contributed by atoms with Crippen LogP contribution in [0.3, 0.4) is 0 Å². The van der Waals surface area contributed by atoms with Crippen molar-refractivity contribution in [1.29, 1.82) is 0 Å². The molecule has 3 aliphatic rings. The summed E-state index contributed by atoms with van der Waals surface area (Å²) in [7, 11) is -1.36. The number of aromatic nitrogens is 7. The minimum absolute atomic E-state index is 0. The van der Waals surface area contributed by atoms with E-state index in [0.29, 0.717) is 23.5 Å². The number of oxazole rings is 3. The first-order valence-corrected chi connectivity index (χ1v) is 45.7. The highest BCUT2D eigenvalue weighted by molar-refractivity contribution is 7.11. The van der Waals surface area contributed by atoms with Crippen molar-refractivity contribution in [2.24, 2.45) is 0 Å². The average Bonchev–Trinajstić information content (AvgIpc) is 1.65. The lowest BCUT2D eigenvalue weighted by Gasteiger charge is -2.32. The van der Waals surface area contributed by atoms with Crippen molar-refractivity contribution in [3.05, 3.63) is 362 Å². The van der Waals surface area contributed by atoms with Crippen LogP contribution in [0.4, 0.5) is 0 Å². The largest absolute Gasteiger partial charge is 0.494 e. The molecule has 3 fully saturated rings. The van der Waals surface area contributed by atoms with E-state index < -0.39 is 21.1 Å². The van der Waals surface area contributed by atoms with E-state index in [4.69, 9.17) is 84.3 Å². The van der Waals surface area contributed by atoms with Gasteiger partial charge in [0.15, 0.2) is 22.6 Å². The third-order valence-electron chi connectivity index (χ3n) is 26.4. The van der Waals surface area contributed by atoms with Crippen molar-refractivity contribution < 1.29 is 41.2 Å². The van der Waals surface area contributed by atoms with Gasteiger partial charge in [-0.2, -0.15) is 0 Å². The van der Waals surface area contributed by atoms with Gasteiger partial charge in [-0.3, -0.25) is 0 Å². The summed E-state index contributed by atoms with van der Waals surface area (Å²) >= 11 is 12.3. The van der Waals surface area contributed by atoms with E-state index in [1.165, 1.54) is 0 Å². The normalized spacial score (nSPS) is 15.4. The number of fused-ring (bicyclic) bond motifs is 15. The summed E-state index contributed by atoms with van der Waals surface area (Å²) < 4.78 is 55.4. The molecule has 8 heterocycles. The van der Waals surface area contributed by atoms with Crippen LogP contribution in [0.5, 0.6) is 0 Å². The van der Waals surface area contributed by atoms with E-state index in [9.17, 15) is 0 Å². The molecule has 0 bridgehead atoms. The Labute approximate surface area is 795 Å². The standard InChI is InChI=1S/C37H23N3O.C27H24BNO3.C21H12ClNO.C16H11ClN2.C12H24B2O4.CH4/c1-4-10-25(11-5-1)32-23-33(26-12-6-2-7-13-26)39-36(38-32)29-19-17-24-16-18-27-20-21-31-35(34(27)30(24)22-29)41-37(40-31)28-14-8-3-9-15-28;1-26(2)27(3,4)32-28(31-26)20-14-12-17-10-11-18-13-15-22-24(23(18)21(17)16-20)30-25(29-22)19-8-6-5-7-9-19;22-16-10-8-13-6-7-14-9-11-18-20(19(14)17(13)12-16)24-21(23-18)15-4-2-1-3-5-15;17-16-18-14(12-7-3-1-4-8-12)11-15(19-16)13-9-5-2-6-10-13;1-9(2)10(3,4)16-13(15-9)14-17-11(5,6)12(7,8)18-14;/h1-23H;5-16H,1-4H3;1-12H;1-11H;1-8H3;1H4. The van der Waals surface area contributed by atoms with E-state index >= 15 is 0 Å². The summed E-state index contributed by atoms with van der Waals surface area (Å²) in [6, 6.07) is 118. The Kier molecular flexibility index (Phi) is 24.4. The second kappa shape index (κ2) is 36.5. The first-order chi connectivity index (χ1) is 64.6. The fraction of sp³-hybridized carbons (Fsp3) is 0.167. The van der Waals surface area contributed by atoms with Crippen molar-refractivity contribution in [2.75, 3.05) is 0 Å². The molecule has 0 unspecified atom stereocenters. The van der Waals surface area contributed by atoms with Crippen LogP contribution < -0.4 is 5.46 Å². The van der Waals surface area contributed by atoms with Gasteiger partial charge in [-0.1, -0.05) is 286 Å². The van der Waals surface area contributed by atoms with Gasteiger partial charge in [0.05, 0.1) is 56.4 Å². The molecule has 3 aliphatic heterocycles. The van der Waals surface area contributed by atoms with Crippen molar-refractivity contribution in [3.8, 4) is 90.8 Å². The molecule has 24 rings (SSSR count). The molecule has 0 spiro atoms. The number of benzene rings is 16. The van der Waals surface area contributed by atoms with Crippen LogP contribution in [0.25, 0.3) is 189 Å². The summed E-state index contributed by atoms with van der Waals surface area (Å²) in [6.45, 7) is 24.5. The van der Waals surface area contributed by atoms with E-state index in [-0.39, 0.29) is 46.3 Å². The Morgan fingerprint density at radius 3 is 0.844 bits per heavy atom. The maximum Gasteiger partial charge on any atom is 0.494 e. The van der Waals surface area contributed by atoms with Crippen LogP contribution in [0, 0.1) is 0 Å². The quantitative estimate of drug-likeness (QED) is 0.0714. The third kappa shape index (κ3) is 18.1. The van der Waals surface area contributed by atoms with Crippen LogP contribution in [0.2, 0.25) is 10.3 Å². The smallest absolute Gasteiger partial charge is 0.435 e. The molecule has 3 saturated heterocycles. The predicted molar refractivity (Wildman–Crippen MR) is 553 cm³/mol. The number of hydrogen-bond donors (Lipinski definition) is 0. The van der Waals surface area contributed by atoms with Crippen LogP contribution in [-0.4, -0.2) is 89.6 Å². The molecular weight excluding hydrogens is 1710 g/mol. The topological polar surface area (TPSA) is 185 Å². The van der Waals surface area contributed by atoms with Crippen molar-refractivity contribution in [2.45, 2.75) is 124 Å². The van der Waals surface area contributed by atoms with Crippen LogP contribution in [-0.2, 0) is 27.9 Å². The van der Waals surface area contributed by atoms with Gasteiger partial charge >= 0.3 is 21.1 Å². The first kappa shape index (κ1) is 90.4. The van der Waals surface area contributed by atoms with Gasteiger partial charge in [0.1, 0.15) is 16.6 Å². The Morgan fingerprint density at radius 1 is 0.237 bits per heavy atom. The van der Waals surface area contributed by atoms with E-state index in [1.54, 1.807) is 0 Å². The summed E-state index contributed by atoms with van der Waals surface area (Å²) in [4.78, 5) is 32.9. The van der Waals surface area contributed by atoms with E-state index in [1.807, 2.05) is 286 Å². The van der Waals surface area contributed by atoms with Crippen LogP contribution >= 0.6 is 23.2 Å². The predicted octanol–water partition coefficient (Wildman–Crippen LogP) is 29.5. The van der Waals surface area contributed by atoms with Gasteiger partial charge in [-0.25, -0.2) is 34.9 Å². The molecule has 5 aromatic heterocycles. The third-order valence-corrected chi connectivity index (χ3v) is 26.8. The highest BCUT2D eigenvalue weighted by atomic mass is 35.5. The Balaban J connectivity index is 0.000000112. The van der Waals surface area contributed by atoms with Crippen LogP contribution in [0.1, 0.15) is 90.5 Å². The first-order valence-electron chi connectivity index (χ1n) is 45.0. The average molecular weight is 1810 g/mol. The zero-order valence-electron chi connectivity index (χ0n) is 76.3. The summed E-state index contributed by atoms with van der Waals surface area (Å²) in [5.41, 5.74) is 15.2. The van der Waals surface area contributed by atoms with Crippen molar-refractivity contribution >= 4 is 148 Å². The fourth-order valence-corrected chi connectivity index (χ4v) is 17.3. The lowest BCUT2D eigenvalue weighted by molar-refractivity contribution is 0.00578. The zero-order chi connectivity index (χ0) is 92.4. The molecular formula is C114H98B3Cl2N7O9. The summed E-state index contributed by atoms with van der Waals surface area (Å²) in [6.07, 6.45) is 0. The molecule has 16 aromatic carbocycles. The fourth-order valence-electron chi connectivity index (χ4n) is 17.0. The van der Waals surface area contributed by atoms with Gasteiger partial charge in [0, 0.05) is 65.7 Å². The highest BCUT2D eigenvalue weighted by Gasteiger charge is 2.64. The summed E-state index contributed by atoms with van der Waals surface area (Å²) in [5.74, 6) is 2.57. The molecule has 0 saturated carbocycles. The highest BCUT2D eigenvalue weighted by Crippen LogP contribution is 2.46. The van der Waals surface area contributed by atoms with Gasteiger partial charge in [0.25, 0.3) is 0 Å². The van der Waals surface area contributed by atoms with Crippen LogP contribution in [0.15, 0.2) is 365 Å². The molecule has 0 aliphatic carbocycles. The van der Waals surface area contributed by atoms with Gasteiger partial charge in [-0.05, 0) is 234 Å². The molecule has 16 nitrogen and oxygen atoms in total. The van der Waals surface area contributed by atoms with Gasteiger partial charge in [-0.15, -0.1) is 0 Å². The Hall–Kier alpha value is -13.8. The summed E-state index contributed by atoms with van der Waals surface area (Å²) in [5, 5.41) is 14.1. The minimum Gasteiger partial charge on any atom is -0.435 e. The Bertz CT molecular complexity index is 7760. The number of halogens is 2. The lowest BCUT2D eigenvalue weighted by atomic mass is 9.49. The van der Waals surface area contributed by atoms with Crippen molar-refractivity contribution in [3.63, 3.8) is 0 Å². The number of rotatable bonds is 10. The molecule has 0 amide bonds. The molecule has 0 radical (unpaired) electrons. The monoisotopic (exact) mass is 1810 g/mol. The van der Waals surface area contributed by atoms with E-state index in [2.05, 4.69) is 164 Å². The maximum absolute atomic E-state index is 6.43. The number of hydrogen-bond acceptors (Lipinski definition) is 16. The molecule has 21 heteroatoms. The SMILES string of the molecule is C.CC1(C)OB(B2OC(C)(C)C(C)(C)O2)OC1(C)C.CC1(C)OB(c2ccc3ccc4ccc5nc(-c6ccccc6)oc5c4c3c2)OC1(C)C.Clc1ccc2ccc3ccc4nc(-c5ccccc5)oc4c3c2c1.Clc1nc(-c2ccccc2)cc(-c2ccccc2)n1.c1ccc(-c2cc(-c3ccccc3)nc(-c3ccc4ccc5ccc6nc(-c7ccccc7)oc6c5c4c3)n2)cc1. The molecule has 21 aromatic rings. The lowest BCUT2D eigenvalue weighted by Crippen LogP contribution is -2.41. The maximum atomic E-state index is 6.43. The Morgan fingerprint density at radius 2 is 0.504 bits per heavy atom. The van der Waals surface area contributed by atoms with Gasteiger partial charge in [0.2, 0.25) is 23.0 Å². The molecule has 135 heavy (non-hydrogen) atoms. The molecule has 666 valence electrons. The van der Waals surface area contributed by atoms with Gasteiger partial charge < -0.3 is 41.2 Å². The zero-order valence-corrected chi connectivity index (χ0v) is 77.8. The van der Waals surface area contributed by atoms with Crippen molar-refractivity contribution in [1.82, 2.24) is 34.9 Å². The molecule has 0 atom stereocenters. The minimum atomic E-state index is -0.476. The van der Waals surface area contributed by atoms with E-state index in [0.717, 1.165) is 176 Å².